The number of amides is 1. The minimum absolute atomic E-state index is 0.0115. The van der Waals surface area contributed by atoms with Crippen LogP contribution in [0, 0.1) is 14.9 Å². The van der Waals surface area contributed by atoms with Gasteiger partial charge in [-0.25, -0.2) is 0 Å². The van der Waals surface area contributed by atoms with Crippen LogP contribution in [-0.2, 0) is 11.4 Å². The molecule has 0 spiro atoms. The number of ether oxygens (including phenoxy) is 1. The molecule has 1 N–H and O–H groups in total. The van der Waals surface area contributed by atoms with Crippen LogP contribution in [0.5, 0.6) is 5.75 Å². The Morgan fingerprint density at radius 1 is 1.07 bits per heavy atom. The number of nitrogens with zero attached hydrogens (tertiary/aromatic N) is 1. The summed E-state index contributed by atoms with van der Waals surface area (Å²) in [6.45, 7) is 0.448. The maximum Gasteiger partial charge on any atom is 0.266 e. The Morgan fingerprint density at radius 2 is 1.77 bits per heavy atom. The predicted molar refractivity (Wildman–Crippen MR) is 134 cm³/mol. The van der Waals surface area contributed by atoms with E-state index in [1.807, 2.05) is 54.6 Å². The van der Waals surface area contributed by atoms with Gasteiger partial charge in [0.15, 0.2) is 0 Å². The highest BCUT2D eigenvalue weighted by atomic mass is 127. The van der Waals surface area contributed by atoms with Gasteiger partial charge in [0.1, 0.15) is 24.0 Å². The van der Waals surface area contributed by atoms with E-state index in [1.54, 1.807) is 24.3 Å². The van der Waals surface area contributed by atoms with Gasteiger partial charge in [-0.2, -0.15) is 5.26 Å². The summed E-state index contributed by atoms with van der Waals surface area (Å²) in [7, 11) is 0. The highest BCUT2D eigenvalue weighted by Crippen LogP contribution is 2.28. The molecule has 7 heteroatoms. The molecule has 1 amide bonds. The van der Waals surface area contributed by atoms with Gasteiger partial charge >= 0.3 is 0 Å². The third-order valence-corrected chi connectivity index (χ3v) is 5.91. The molecule has 0 aliphatic heterocycles. The molecule has 150 valence electrons. The number of benzene rings is 3. The molecular formula is C23H15Br2IN2O2. The number of hydrogen-bond acceptors (Lipinski definition) is 3. The number of anilines is 1. The molecule has 3 aromatic carbocycles. The fraction of sp³-hybridized carbons (Fsp3) is 0.0435. The smallest absolute Gasteiger partial charge is 0.266 e. The summed E-state index contributed by atoms with van der Waals surface area (Å²) in [4.78, 5) is 12.4. The van der Waals surface area contributed by atoms with E-state index in [-0.39, 0.29) is 5.57 Å². The van der Waals surface area contributed by atoms with Crippen LogP contribution in [0.3, 0.4) is 0 Å². The van der Waals surface area contributed by atoms with Crippen molar-refractivity contribution >= 4 is 72.1 Å². The Labute approximate surface area is 205 Å². The first kappa shape index (κ1) is 22.5. The van der Waals surface area contributed by atoms with Gasteiger partial charge in [-0.1, -0.05) is 34.1 Å². The molecule has 3 aromatic rings. The van der Waals surface area contributed by atoms with Gasteiger partial charge < -0.3 is 10.1 Å². The number of nitrogens with one attached hydrogen (secondary N) is 1. The SMILES string of the molecule is N#C/C(=C/c1ccc(OCc2ccc(I)cc2)c(Br)c1)C(=O)Nc1ccc(Br)cc1. The summed E-state index contributed by atoms with van der Waals surface area (Å²) in [5, 5.41) is 12.1. The van der Waals surface area contributed by atoms with Crippen molar-refractivity contribution in [2.45, 2.75) is 6.61 Å². The molecule has 0 aromatic heterocycles. The number of halogens is 3. The molecule has 3 rings (SSSR count). The van der Waals surface area contributed by atoms with Crippen LogP contribution < -0.4 is 10.1 Å². The van der Waals surface area contributed by atoms with Gasteiger partial charge in [-0.15, -0.1) is 0 Å². The second-order valence-corrected chi connectivity index (χ2v) is 9.25. The molecule has 0 aliphatic rings. The molecule has 0 unspecified atom stereocenters. The van der Waals surface area contributed by atoms with Crippen LogP contribution in [0.4, 0.5) is 5.69 Å². The lowest BCUT2D eigenvalue weighted by atomic mass is 10.1. The largest absolute Gasteiger partial charge is 0.488 e. The fourth-order valence-electron chi connectivity index (χ4n) is 2.51. The standard InChI is InChI=1S/C23H15Br2IN2O2/c24-18-4-8-20(9-5-18)28-23(29)17(13-27)11-16-3-10-22(21(25)12-16)30-14-15-1-6-19(26)7-2-15/h1-12H,14H2,(H,28,29)/b17-11-. The first-order valence-corrected chi connectivity index (χ1v) is 11.5. The predicted octanol–water partition coefficient (Wildman–Crippen LogP) is 6.94. The van der Waals surface area contributed by atoms with E-state index >= 15 is 0 Å². The van der Waals surface area contributed by atoms with Crippen LogP contribution in [0.2, 0.25) is 0 Å². The minimum atomic E-state index is -0.463. The van der Waals surface area contributed by atoms with Crippen molar-refractivity contribution in [1.29, 1.82) is 5.26 Å². The van der Waals surface area contributed by atoms with E-state index in [0.29, 0.717) is 23.6 Å². The van der Waals surface area contributed by atoms with Crippen LogP contribution in [0.15, 0.2) is 81.2 Å². The van der Waals surface area contributed by atoms with Crippen molar-refractivity contribution in [3.05, 3.63) is 95.9 Å². The molecule has 4 nitrogen and oxygen atoms in total. The van der Waals surface area contributed by atoms with E-state index in [9.17, 15) is 10.1 Å². The van der Waals surface area contributed by atoms with Gasteiger partial charge in [0.05, 0.1) is 4.47 Å². The van der Waals surface area contributed by atoms with Crippen molar-refractivity contribution < 1.29 is 9.53 Å². The monoisotopic (exact) mass is 636 g/mol. The van der Waals surface area contributed by atoms with E-state index in [2.05, 4.69) is 59.8 Å². The molecular weight excluding hydrogens is 623 g/mol. The first-order chi connectivity index (χ1) is 14.4. The lowest BCUT2D eigenvalue weighted by Crippen LogP contribution is -2.13. The van der Waals surface area contributed by atoms with Crippen molar-refractivity contribution in [2.24, 2.45) is 0 Å². The van der Waals surface area contributed by atoms with Crippen molar-refractivity contribution in [2.75, 3.05) is 5.32 Å². The highest BCUT2D eigenvalue weighted by Gasteiger charge is 2.10. The van der Waals surface area contributed by atoms with E-state index in [0.717, 1.165) is 14.5 Å². The lowest BCUT2D eigenvalue weighted by molar-refractivity contribution is -0.112. The summed E-state index contributed by atoms with van der Waals surface area (Å²) in [6.07, 6.45) is 1.54. The molecule has 0 atom stereocenters. The zero-order valence-corrected chi connectivity index (χ0v) is 20.9. The summed E-state index contributed by atoms with van der Waals surface area (Å²) in [5.74, 6) is 0.221. The van der Waals surface area contributed by atoms with Crippen LogP contribution >= 0.6 is 54.5 Å². The average molecular weight is 638 g/mol. The minimum Gasteiger partial charge on any atom is -0.488 e. The van der Waals surface area contributed by atoms with E-state index in [4.69, 9.17) is 4.74 Å². The molecule has 0 fully saturated rings. The van der Waals surface area contributed by atoms with Gasteiger partial charge in [0, 0.05) is 13.7 Å². The van der Waals surface area contributed by atoms with E-state index in [1.165, 1.54) is 3.57 Å². The maximum atomic E-state index is 12.4. The molecule has 0 heterocycles. The van der Waals surface area contributed by atoms with Crippen LogP contribution in [0.25, 0.3) is 6.08 Å². The zero-order valence-electron chi connectivity index (χ0n) is 15.5. The third kappa shape index (κ3) is 6.42. The van der Waals surface area contributed by atoms with Crippen LogP contribution in [0.1, 0.15) is 11.1 Å². The second kappa shape index (κ2) is 10.8. The second-order valence-electron chi connectivity index (χ2n) is 6.24. The summed E-state index contributed by atoms with van der Waals surface area (Å²) in [5.41, 5.74) is 2.41. The van der Waals surface area contributed by atoms with Gasteiger partial charge in [0.25, 0.3) is 5.91 Å². The number of carbonyl (C=O) groups is 1. The lowest BCUT2D eigenvalue weighted by Gasteiger charge is -2.09. The number of rotatable bonds is 6. The molecule has 0 aliphatic carbocycles. The zero-order chi connectivity index (χ0) is 21.5. The molecule has 0 bridgehead atoms. The summed E-state index contributed by atoms with van der Waals surface area (Å²) >= 11 is 9.11. The van der Waals surface area contributed by atoms with Gasteiger partial charge in [0.2, 0.25) is 0 Å². The number of hydrogen-bond donors (Lipinski definition) is 1. The van der Waals surface area contributed by atoms with Crippen LogP contribution in [-0.4, -0.2) is 5.91 Å². The maximum absolute atomic E-state index is 12.4. The van der Waals surface area contributed by atoms with Crippen molar-refractivity contribution in [3.63, 3.8) is 0 Å². The van der Waals surface area contributed by atoms with Gasteiger partial charge in [-0.3, -0.25) is 4.79 Å². The Hall–Kier alpha value is -2.15. The molecule has 0 saturated heterocycles. The number of nitriles is 1. The molecule has 0 saturated carbocycles. The summed E-state index contributed by atoms with van der Waals surface area (Å²) in [6, 6.07) is 22.6. The Morgan fingerprint density at radius 3 is 2.40 bits per heavy atom. The quantitative estimate of drug-likeness (QED) is 0.181. The van der Waals surface area contributed by atoms with E-state index < -0.39 is 5.91 Å². The fourth-order valence-corrected chi connectivity index (χ4v) is 3.65. The summed E-state index contributed by atoms with van der Waals surface area (Å²) < 4.78 is 8.69. The Bertz CT molecular complexity index is 1120. The third-order valence-electron chi connectivity index (χ3n) is 4.04. The van der Waals surface area contributed by atoms with Crippen molar-refractivity contribution in [3.8, 4) is 11.8 Å². The Kier molecular flexibility index (Phi) is 8.08. The van der Waals surface area contributed by atoms with Gasteiger partial charge in [-0.05, 0) is 104 Å². The topological polar surface area (TPSA) is 62.1 Å². The van der Waals surface area contributed by atoms with Crippen molar-refractivity contribution in [1.82, 2.24) is 0 Å². The molecule has 0 radical (unpaired) electrons. The molecule has 30 heavy (non-hydrogen) atoms. The average Bonchev–Trinajstić information content (AvgIpc) is 2.74. The normalized spacial score (nSPS) is 10.9. The Balaban J connectivity index is 1.69. The highest BCUT2D eigenvalue weighted by molar-refractivity contribution is 14.1. The first-order valence-electron chi connectivity index (χ1n) is 8.80. The number of carbonyl (C=O) groups excluding carboxylic acids is 1.